The van der Waals surface area contributed by atoms with E-state index >= 15 is 0 Å². The van der Waals surface area contributed by atoms with Crippen molar-refractivity contribution in [2.75, 3.05) is 26.3 Å². The molecule has 0 aromatic heterocycles. The highest BCUT2D eigenvalue weighted by molar-refractivity contribution is 5.92. The molecule has 0 saturated carbocycles. The third-order valence-electron chi connectivity index (χ3n) is 4.86. The summed E-state index contributed by atoms with van der Waals surface area (Å²) in [5, 5.41) is 16.3. The number of hydrogen-bond acceptors (Lipinski definition) is 6. The molecule has 0 spiro atoms. The molecule has 1 aliphatic rings. The predicted octanol–water partition coefficient (Wildman–Crippen LogP) is 0.642. The Labute approximate surface area is 175 Å². The smallest absolute Gasteiger partial charge is 0.273 e. The molecule has 1 saturated heterocycles. The molecule has 0 aliphatic carbocycles. The van der Waals surface area contributed by atoms with E-state index in [9.17, 15) is 24.5 Å². The van der Waals surface area contributed by atoms with E-state index < -0.39 is 28.8 Å². The quantitative estimate of drug-likeness (QED) is 0.469. The fraction of sp³-hybridized carbons (Fsp3) is 0.550. The fourth-order valence-corrected chi connectivity index (χ4v) is 3.14. The number of nitrogens with zero attached hydrogens (tertiary/aromatic N) is 2. The van der Waals surface area contributed by atoms with Crippen molar-refractivity contribution in [2.24, 2.45) is 5.92 Å². The monoisotopic (exact) mass is 420 g/mol. The molecule has 1 aliphatic heterocycles. The molecule has 1 aromatic carbocycles. The lowest BCUT2D eigenvalue weighted by Crippen LogP contribution is -2.57. The average molecular weight is 420 g/mol. The maximum absolute atomic E-state index is 12.8. The van der Waals surface area contributed by atoms with Crippen LogP contribution in [0.4, 0.5) is 5.69 Å². The Morgan fingerprint density at radius 1 is 1.13 bits per heavy atom. The SMILES string of the molecule is CC(C)[C@H](NC(=O)[C@H](C)NC(=O)Cc1ccccc1[N+](=O)[O-])C(=O)N1CCOCC1. The van der Waals surface area contributed by atoms with Crippen molar-refractivity contribution >= 4 is 23.4 Å². The number of amides is 3. The molecular weight excluding hydrogens is 392 g/mol. The number of rotatable bonds is 8. The third kappa shape index (κ3) is 6.24. The molecule has 1 fully saturated rings. The standard InChI is InChI=1S/C20H28N4O6/c1-13(2)18(20(27)23-8-10-30-11-9-23)22-19(26)14(3)21-17(25)12-15-6-4-5-7-16(15)24(28)29/h4-7,13-14,18H,8-12H2,1-3H3,(H,21,25)(H,22,26)/t14-,18-/m0/s1. The molecule has 10 heteroatoms. The minimum Gasteiger partial charge on any atom is -0.378 e. The van der Waals surface area contributed by atoms with Crippen LogP contribution in [0.2, 0.25) is 0 Å². The van der Waals surface area contributed by atoms with E-state index in [0.29, 0.717) is 26.3 Å². The Hall–Kier alpha value is -3.01. The Morgan fingerprint density at radius 2 is 1.77 bits per heavy atom. The lowest BCUT2D eigenvalue weighted by Gasteiger charge is -2.32. The molecule has 2 N–H and O–H groups in total. The van der Waals surface area contributed by atoms with E-state index in [0.717, 1.165) is 0 Å². The molecule has 0 radical (unpaired) electrons. The molecule has 0 bridgehead atoms. The molecule has 10 nitrogen and oxygen atoms in total. The van der Waals surface area contributed by atoms with Crippen molar-refractivity contribution < 1.29 is 24.0 Å². The van der Waals surface area contributed by atoms with Crippen molar-refractivity contribution in [3.8, 4) is 0 Å². The third-order valence-corrected chi connectivity index (χ3v) is 4.86. The molecule has 1 heterocycles. The summed E-state index contributed by atoms with van der Waals surface area (Å²) >= 11 is 0. The van der Waals surface area contributed by atoms with Crippen LogP contribution >= 0.6 is 0 Å². The number of nitro groups is 1. The Balaban J connectivity index is 1.96. The molecular formula is C20H28N4O6. The van der Waals surface area contributed by atoms with Gasteiger partial charge in [-0.3, -0.25) is 24.5 Å². The van der Waals surface area contributed by atoms with Crippen LogP contribution in [0.25, 0.3) is 0 Å². The van der Waals surface area contributed by atoms with Gasteiger partial charge in [-0.1, -0.05) is 32.0 Å². The summed E-state index contributed by atoms with van der Waals surface area (Å²) in [7, 11) is 0. The maximum atomic E-state index is 12.8. The van der Waals surface area contributed by atoms with Gasteiger partial charge in [-0.05, 0) is 12.8 Å². The lowest BCUT2D eigenvalue weighted by molar-refractivity contribution is -0.385. The highest BCUT2D eigenvalue weighted by Gasteiger charge is 2.31. The topological polar surface area (TPSA) is 131 Å². The number of benzene rings is 1. The summed E-state index contributed by atoms with van der Waals surface area (Å²) < 4.78 is 5.25. The maximum Gasteiger partial charge on any atom is 0.273 e. The number of carbonyl (C=O) groups is 3. The van der Waals surface area contributed by atoms with E-state index in [2.05, 4.69) is 10.6 Å². The Kier molecular flexibility index (Phi) is 8.28. The van der Waals surface area contributed by atoms with E-state index in [1.54, 1.807) is 11.0 Å². The first kappa shape index (κ1) is 23.3. The van der Waals surface area contributed by atoms with Crippen LogP contribution in [0.5, 0.6) is 0 Å². The van der Waals surface area contributed by atoms with Crippen LogP contribution in [-0.2, 0) is 25.5 Å². The molecule has 30 heavy (non-hydrogen) atoms. The molecule has 1 aromatic rings. The second kappa shape index (κ2) is 10.7. The van der Waals surface area contributed by atoms with Crippen LogP contribution in [0, 0.1) is 16.0 Å². The normalized spacial score (nSPS) is 15.9. The number of para-hydroxylation sites is 1. The second-order valence-corrected chi connectivity index (χ2v) is 7.52. The minimum atomic E-state index is -0.904. The first-order valence-electron chi connectivity index (χ1n) is 9.89. The van der Waals surface area contributed by atoms with Crippen molar-refractivity contribution in [1.29, 1.82) is 0 Å². The molecule has 164 valence electrons. The number of hydrogen-bond donors (Lipinski definition) is 2. The molecule has 0 unspecified atom stereocenters. The van der Waals surface area contributed by atoms with Gasteiger partial charge in [0.1, 0.15) is 12.1 Å². The highest BCUT2D eigenvalue weighted by Crippen LogP contribution is 2.18. The number of nitro benzene ring substituents is 1. The van der Waals surface area contributed by atoms with Crippen molar-refractivity contribution in [1.82, 2.24) is 15.5 Å². The van der Waals surface area contributed by atoms with Gasteiger partial charge < -0.3 is 20.3 Å². The Bertz CT molecular complexity index is 791. The fourth-order valence-electron chi connectivity index (χ4n) is 3.14. The zero-order valence-electron chi connectivity index (χ0n) is 17.4. The van der Waals surface area contributed by atoms with Crippen LogP contribution in [-0.4, -0.2) is 65.9 Å². The number of ether oxygens (including phenoxy) is 1. The van der Waals surface area contributed by atoms with Crippen LogP contribution in [0.15, 0.2) is 24.3 Å². The van der Waals surface area contributed by atoms with E-state index in [4.69, 9.17) is 4.74 Å². The summed E-state index contributed by atoms with van der Waals surface area (Å²) in [6, 6.07) is 4.33. The van der Waals surface area contributed by atoms with Crippen molar-refractivity contribution in [2.45, 2.75) is 39.3 Å². The molecule has 2 rings (SSSR count). The van der Waals surface area contributed by atoms with Gasteiger partial charge in [-0.2, -0.15) is 0 Å². The predicted molar refractivity (Wildman–Crippen MR) is 109 cm³/mol. The highest BCUT2D eigenvalue weighted by atomic mass is 16.6. The average Bonchev–Trinajstić information content (AvgIpc) is 2.71. The lowest BCUT2D eigenvalue weighted by atomic mass is 10.0. The first-order chi connectivity index (χ1) is 14.2. The van der Waals surface area contributed by atoms with Crippen molar-refractivity contribution in [3.63, 3.8) is 0 Å². The summed E-state index contributed by atoms with van der Waals surface area (Å²) in [6.45, 7) is 7.04. The zero-order chi connectivity index (χ0) is 22.3. The van der Waals surface area contributed by atoms with Crippen molar-refractivity contribution in [3.05, 3.63) is 39.9 Å². The van der Waals surface area contributed by atoms with Crippen LogP contribution in [0.1, 0.15) is 26.3 Å². The summed E-state index contributed by atoms with van der Waals surface area (Å²) in [6.07, 6.45) is -0.227. The Morgan fingerprint density at radius 3 is 2.37 bits per heavy atom. The van der Waals surface area contributed by atoms with E-state index in [1.165, 1.54) is 25.1 Å². The van der Waals surface area contributed by atoms with E-state index in [1.807, 2.05) is 13.8 Å². The first-order valence-corrected chi connectivity index (χ1v) is 9.89. The van der Waals surface area contributed by atoms with Gasteiger partial charge in [0, 0.05) is 24.7 Å². The molecule has 2 atom stereocenters. The van der Waals surface area contributed by atoms with Gasteiger partial charge in [0.05, 0.1) is 24.6 Å². The summed E-state index contributed by atoms with van der Waals surface area (Å²) in [4.78, 5) is 49.8. The van der Waals surface area contributed by atoms with Gasteiger partial charge >= 0.3 is 0 Å². The number of morpholine rings is 1. The van der Waals surface area contributed by atoms with Crippen LogP contribution < -0.4 is 10.6 Å². The van der Waals surface area contributed by atoms with E-state index in [-0.39, 0.29) is 29.5 Å². The van der Waals surface area contributed by atoms with Gasteiger partial charge in [0.15, 0.2) is 0 Å². The summed E-state index contributed by atoms with van der Waals surface area (Å²) in [5.74, 6) is -1.34. The van der Waals surface area contributed by atoms with Gasteiger partial charge in [0.25, 0.3) is 5.69 Å². The van der Waals surface area contributed by atoms with Crippen LogP contribution in [0.3, 0.4) is 0 Å². The largest absolute Gasteiger partial charge is 0.378 e. The van der Waals surface area contributed by atoms with Gasteiger partial charge in [-0.25, -0.2) is 0 Å². The van der Waals surface area contributed by atoms with Gasteiger partial charge in [0.2, 0.25) is 17.7 Å². The minimum absolute atomic E-state index is 0.140. The zero-order valence-corrected chi connectivity index (χ0v) is 17.4. The second-order valence-electron chi connectivity index (χ2n) is 7.52. The molecule has 3 amide bonds. The number of nitrogens with one attached hydrogen (secondary N) is 2. The number of carbonyl (C=O) groups excluding carboxylic acids is 3. The summed E-state index contributed by atoms with van der Waals surface area (Å²) in [5.41, 5.74) is 0.107. The van der Waals surface area contributed by atoms with Gasteiger partial charge in [-0.15, -0.1) is 0 Å².